The van der Waals surface area contributed by atoms with Crippen molar-refractivity contribution in [2.75, 3.05) is 44.6 Å². The van der Waals surface area contributed by atoms with E-state index in [1.165, 1.54) is 0 Å². The predicted molar refractivity (Wildman–Crippen MR) is 110 cm³/mol. The Morgan fingerprint density at radius 3 is 2.38 bits per heavy atom. The maximum absolute atomic E-state index is 12.3. The first-order valence-electron chi connectivity index (χ1n) is 8.72. The van der Waals surface area contributed by atoms with Gasteiger partial charge in [0, 0.05) is 38.3 Å². The minimum absolute atomic E-state index is 0. The average Bonchev–Trinajstić information content (AvgIpc) is 2.60. The van der Waals surface area contributed by atoms with Crippen LogP contribution in [0, 0.1) is 0 Å². The third-order valence-electron chi connectivity index (χ3n) is 4.36. The molecule has 0 aromatic heterocycles. The Bertz CT molecular complexity index is 564. The van der Waals surface area contributed by atoms with Crippen LogP contribution >= 0.6 is 24.8 Å². The first-order chi connectivity index (χ1) is 11.6. The third-order valence-corrected chi connectivity index (χ3v) is 4.36. The number of aryl methyl sites for hydroxylation is 1. The van der Waals surface area contributed by atoms with Crippen molar-refractivity contribution in [3.8, 4) is 0 Å². The van der Waals surface area contributed by atoms with E-state index in [1.807, 2.05) is 29.2 Å². The lowest BCUT2D eigenvalue weighted by Gasteiger charge is -2.34. The average molecular weight is 405 g/mol. The molecule has 1 saturated heterocycles. The van der Waals surface area contributed by atoms with Crippen LogP contribution in [0.15, 0.2) is 24.3 Å². The first kappa shape index (κ1) is 24.7. The molecule has 148 valence electrons. The first-order valence-corrected chi connectivity index (χ1v) is 8.72. The van der Waals surface area contributed by atoms with Gasteiger partial charge in [-0.1, -0.05) is 25.1 Å². The van der Waals surface area contributed by atoms with Crippen molar-refractivity contribution in [3.63, 3.8) is 0 Å². The molecule has 0 saturated carbocycles. The number of nitrogens with two attached hydrogens (primary N) is 1. The molecule has 1 fully saturated rings. The number of rotatable bonds is 7. The molecule has 1 aliphatic heterocycles. The van der Waals surface area contributed by atoms with Crippen molar-refractivity contribution < 1.29 is 9.59 Å². The number of hydrogen-bond acceptors (Lipinski definition) is 4. The summed E-state index contributed by atoms with van der Waals surface area (Å²) in [6.07, 6.45) is 2.14. The van der Waals surface area contributed by atoms with Gasteiger partial charge in [0.05, 0.1) is 6.54 Å². The summed E-state index contributed by atoms with van der Waals surface area (Å²) in [7, 11) is 0. The number of carbonyl (C=O) groups is 2. The van der Waals surface area contributed by atoms with Gasteiger partial charge in [-0.25, -0.2) is 0 Å². The van der Waals surface area contributed by atoms with Gasteiger partial charge in [-0.3, -0.25) is 14.5 Å². The van der Waals surface area contributed by atoms with Crippen LogP contribution in [-0.2, 0) is 16.0 Å². The molecule has 6 nitrogen and oxygen atoms in total. The standard InChI is InChI=1S/C18H28N4O2.2ClH/c1-2-15-6-3-4-7-16(15)20-17(23)14-21-10-12-22(13-11-21)18(24)8-5-9-19;;/h3-4,6-7H,2,5,8-14,19H2,1H3,(H,20,23);2*1H. The van der Waals surface area contributed by atoms with Crippen molar-refractivity contribution >= 4 is 42.3 Å². The van der Waals surface area contributed by atoms with Crippen LogP contribution in [0.1, 0.15) is 25.3 Å². The molecule has 1 heterocycles. The topological polar surface area (TPSA) is 78.7 Å². The molecular formula is C18H30Cl2N4O2. The van der Waals surface area contributed by atoms with Crippen LogP contribution < -0.4 is 11.1 Å². The summed E-state index contributed by atoms with van der Waals surface area (Å²) in [6.45, 7) is 5.82. The lowest BCUT2D eigenvalue weighted by molar-refractivity contribution is -0.133. The van der Waals surface area contributed by atoms with Gasteiger partial charge in [0.2, 0.25) is 11.8 Å². The van der Waals surface area contributed by atoms with Crippen molar-refractivity contribution in [2.45, 2.75) is 26.2 Å². The number of piperazine rings is 1. The molecule has 0 unspecified atom stereocenters. The van der Waals surface area contributed by atoms with E-state index in [0.29, 0.717) is 32.6 Å². The number of benzene rings is 1. The number of para-hydroxylation sites is 1. The number of nitrogens with zero attached hydrogens (tertiary/aromatic N) is 2. The highest BCUT2D eigenvalue weighted by Gasteiger charge is 2.22. The molecule has 0 atom stereocenters. The van der Waals surface area contributed by atoms with Crippen LogP contribution in [0.25, 0.3) is 0 Å². The van der Waals surface area contributed by atoms with E-state index in [9.17, 15) is 9.59 Å². The second-order valence-corrected chi connectivity index (χ2v) is 6.11. The number of hydrogen-bond donors (Lipinski definition) is 2. The number of nitrogens with one attached hydrogen (secondary N) is 1. The van der Waals surface area contributed by atoms with Gasteiger partial charge in [0.15, 0.2) is 0 Å². The number of anilines is 1. The highest BCUT2D eigenvalue weighted by atomic mass is 35.5. The summed E-state index contributed by atoms with van der Waals surface area (Å²) < 4.78 is 0. The summed E-state index contributed by atoms with van der Waals surface area (Å²) >= 11 is 0. The minimum Gasteiger partial charge on any atom is -0.340 e. The van der Waals surface area contributed by atoms with Crippen LogP contribution in [0.3, 0.4) is 0 Å². The van der Waals surface area contributed by atoms with Crippen molar-refractivity contribution in [3.05, 3.63) is 29.8 Å². The van der Waals surface area contributed by atoms with Crippen LogP contribution in [-0.4, -0.2) is 60.9 Å². The molecular weight excluding hydrogens is 375 g/mol. The van der Waals surface area contributed by atoms with E-state index in [-0.39, 0.29) is 36.6 Å². The molecule has 2 rings (SSSR count). The smallest absolute Gasteiger partial charge is 0.238 e. The molecule has 1 aromatic rings. The fraction of sp³-hybridized carbons (Fsp3) is 0.556. The third kappa shape index (κ3) is 7.50. The van der Waals surface area contributed by atoms with E-state index in [4.69, 9.17) is 5.73 Å². The van der Waals surface area contributed by atoms with E-state index in [1.54, 1.807) is 0 Å². The number of halogens is 2. The van der Waals surface area contributed by atoms with Gasteiger partial charge in [0.1, 0.15) is 0 Å². The Balaban J connectivity index is 0.00000312. The SMILES string of the molecule is CCc1ccccc1NC(=O)CN1CCN(C(=O)CCCN)CC1.Cl.Cl. The molecule has 3 N–H and O–H groups in total. The van der Waals surface area contributed by atoms with E-state index >= 15 is 0 Å². The fourth-order valence-electron chi connectivity index (χ4n) is 2.91. The van der Waals surface area contributed by atoms with Gasteiger partial charge >= 0.3 is 0 Å². The zero-order valence-corrected chi connectivity index (χ0v) is 16.9. The Morgan fingerprint density at radius 1 is 1.12 bits per heavy atom. The summed E-state index contributed by atoms with van der Waals surface area (Å²) in [5.41, 5.74) is 7.47. The maximum Gasteiger partial charge on any atom is 0.238 e. The second-order valence-electron chi connectivity index (χ2n) is 6.11. The highest BCUT2D eigenvalue weighted by molar-refractivity contribution is 5.93. The fourth-order valence-corrected chi connectivity index (χ4v) is 2.91. The Morgan fingerprint density at radius 2 is 1.77 bits per heavy atom. The molecule has 1 aromatic carbocycles. The van der Waals surface area contributed by atoms with Gasteiger partial charge in [-0.05, 0) is 31.0 Å². The van der Waals surface area contributed by atoms with Crippen molar-refractivity contribution in [2.24, 2.45) is 5.73 Å². The molecule has 0 spiro atoms. The number of amides is 2. The number of carbonyl (C=O) groups excluding carboxylic acids is 2. The van der Waals surface area contributed by atoms with E-state index in [0.717, 1.165) is 37.2 Å². The summed E-state index contributed by atoms with van der Waals surface area (Å²) in [4.78, 5) is 28.2. The van der Waals surface area contributed by atoms with Gasteiger partial charge in [-0.15, -0.1) is 24.8 Å². The monoisotopic (exact) mass is 404 g/mol. The maximum atomic E-state index is 12.3. The molecule has 26 heavy (non-hydrogen) atoms. The largest absolute Gasteiger partial charge is 0.340 e. The Hall–Kier alpha value is -1.34. The van der Waals surface area contributed by atoms with Crippen LogP contribution in [0.5, 0.6) is 0 Å². The van der Waals surface area contributed by atoms with Crippen molar-refractivity contribution in [1.29, 1.82) is 0 Å². The normalized spacial score (nSPS) is 14.2. The summed E-state index contributed by atoms with van der Waals surface area (Å²) in [5.74, 6) is 0.167. The lowest BCUT2D eigenvalue weighted by atomic mass is 10.1. The molecule has 2 amide bonds. The van der Waals surface area contributed by atoms with Gasteiger partial charge < -0.3 is 16.0 Å². The summed E-state index contributed by atoms with van der Waals surface area (Å²) in [6, 6.07) is 7.88. The van der Waals surface area contributed by atoms with Gasteiger partial charge in [0.25, 0.3) is 0 Å². The molecule has 0 bridgehead atoms. The molecule has 8 heteroatoms. The van der Waals surface area contributed by atoms with Crippen molar-refractivity contribution in [1.82, 2.24) is 9.80 Å². The molecule has 1 aliphatic rings. The van der Waals surface area contributed by atoms with Crippen LogP contribution in [0.2, 0.25) is 0 Å². The minimum atomic E-state index is -0.00110. The second kappa shape index (κ2) is 12.9. The summed E-state index contributed by atoms with van der Waals surface area (Å²) in [5, 5.41) is 3.00. The quantitative estimate of drug-likeness (QED) is 0.727. The Kier molecular flexibility index (Phi) is 12.3. The van der Waals surface area contributed by atoms with Crippen LogP contribution in [0.4, 0.5) is 5.69 Å². The van der Waals surface area contributed by atoms with Gasteiger partial charge in [-0.2, -0.15) is 0 Å². The highest BCUT2D eigenvalue weighted by Crippen LogP contribution is 2.15. The zero-order chi connectivity index (χ0) is 17.4. The molecule has 0 aliphatic carbocycles. The zero-order valence-electron chi connectivity index (χ0n) is 15.3. The Labute approximate surface area is 168 Å². The van der Waals surface area contributed by atoms with E-state index in [2.05, 4.69) is 17.1 Å². The predicted octanol–water partition coefficient (Wildman–Crippen LogP) is 1.91. The van der Waals surface area contributed by atoms with E-state index < -0.39 is 0 Å². The lowest BCUT2D eigenvalue weighted by Crippen LogP contribution is -2.50. The molecule has 0 radical (unpaired) electrons.